The zero-order valence-electron chi connectivity index (χ0n) is 6.42. The van der Waals surface area contributed by atoms with Crippen molar-refractivity contribution in [3.8, 4) is 0 Å². The molecule has 1 rings (SSSR count). The van der Waals surface area contributed by atoms with Crippen LogP contribution in [0.5, 0.6) is 0 Å². The van der Waals surface area contributed by atoms with Crippen LogP contribution >= 0.6 is 0 Å². The summed E-state index contributed by atoms with van der Waals surface area (Å²) in [5.74, 6) is 0.939. The van der Waals surface area contributed by atoms with E-state index in [1.165, 1.54) is 0 Å². The first-order valence-electron chi connectivity index (χ1n) is 3.55. The van der Waals surface area contributed by atoms with E-state index in [1.807, 2.05) is 13.0 Å². The van der Waals surface area contributed by atoms with E-state index in [4.69, 9.17) is 10.2 Å². The fourth-order valence-electron chi connectivity index (χ4n) is 0.999. The third-order valence-electron chi connectivity index (χ3n) is 1.74. The summed E-state index contributed by atoms with van der Waals surface area (Å²) in [5.41, 5.74) is 6.91. The van der Waals surface area contributed by atoms with Crippen LogP contribution in [-0.4, -0.2) is 0 Å². The van der Waals surface area contributed by atoms with Crippen molar-refractivity contribution in [1.82, 2.24) is 0 Å². The van der Waals surface area contributed by atoms with E-state index >= 15 is 0 Å². The number of furan rings is 1. The van der Waals surface area contributed by atoms with Gasteiger partial charge in [-0.2, -0.15) is 0 Å². The second kappa shape index (κ2) is 2.88. The standard InChI is InChI=1S/C8H13NO/c1-3-8(9)7-4-5-10-6(7)2/h4-5,8H,3,9H2,1-2H3. The second-order valence-electron chi connectivity index (χ2n) is 2.45. The summed E-state index contributed by atoms with van der Waals surface area (Å²) < 4.78 is 5.11. The van der Waals surface area contributed by atoms with E-state index in [-0.39, 0.29) is 6.04 Å². The molecule has 0 aromatic carbocycles. The molecule has 0 aliphatic carbocycles. The SMILES string of the molecule is CCC(N)c1ccoc1C. The Hall–Kier alpha value is -0.760. The van der Waals surface area contributed by atoms with Crippen molar-refractivity contribution in [2.24, 2.45) is 5.73 Å². The van der Waals surface area contributed by atoms with Gasteiger partial charge in [-0.25, -0.2) is 0 Å². The Kier molecular flexibility index (Phi) is 2.12. The molecule has 0 spiro atoms. The van der Waals surface area contributed by atoms with Crippen molar-refractivity contribution in [1.29, 1.82) is 0 Å². The van der Waals surface area contributed by atoms with Gasteiger partial charge in [-0.3, -0.25) is 0 Å². The topological polar surface area (TPSA) is 39.2 Å². The van der Waals surface area contributed by atoms with Gasteiger partial charge in [0.15, 0.2) is 0 Å². The Bertz CT molecular complexity index is 205. The molecule has 0 saturated carbocycles. The van der Waals surface area contributed by atoms with Gasteiger partial charge in [-0.05, 0) is 19.4 Å². The van der Waals surface area contributed by atoms with Crippen molar-refractivity contribution >= 4 is 0 Å². The van der Waals surface area contributed by atoms with E-state index in [0.717, 1.165) is 17.7 Å². The molecule has 2 heteroatoms. The predicted molar refractivity (Wildman–Crippen MR) is 40.7 cm³/mol. The maximum Gasteiger partial charge on any atom is 0.105 e. The summed E-state index contributed by atoms with van der Waals surface area (Å²) in [5, 5.41) is 0. The lowest BCUT2D eigenvalue weighted by Gasteiger charge is -2.05. The van der Waals surface area contributed by atoms with Gasteiger partial charge in [-0.1, -0.05) is 6.92 Å². The molecule has 0 amide bonds. The molecule has 56 valence electrons. The minimum atomic E-state index is 0.138. The van der Waals surface area contributed by atoms with Gasteiger partial charge in [0.05, 0.1) is 6.26 Å². The maximum atomic E-state index is 5.78. The van der Waals surface area contributed by atoms with Crippen LogP contribution in [0.3, 0.4) is 0 Å². The van der Waals surface area contributed by atoms with E-state index in [9.17, 15) is 0 Å². The van der Waals surface area contributed by atoms with Crippen molar-refractivity contribution in [3.05, 3.63) is 23.7 Å². The quantitative estimate of drug-likeness (QED) is 0.680. The summed E-state index contributed by atoms with van der Waals surface area (Å²) >= 11 is 0. The molecule has 0 bridgehead atoms. The summed E-state index contributed by atoms with van der Waals surface area (Å²) in [7, 11) is 0. The molecule has 2 nitrogen and oxygen atoms in total. The maximum absolute atomic E-state index is 5.78. The monoisotopic (exact) mass is 139 g/mol. The second-order valence-corrected chi connectivity index (χ2v) is 2.45. The van der Waals surface area contributed by atoms with Gasteiger partial charge in [0, 0.05) is 11.6 Å². The largest absolute Gasteiger partial charge is 0.469 e. The molecule has 10 heavy (non-hydrogen) atoms. The smallest absolute Gasteiger partial charge is 0.105 e. The minimum Gasteiger partial charge on any atom is -0.469 e. The summed E-state index contributed by atoms with van der Waals surface area (Å²) in [6.07, 6.45) is 2.64. The lowest BCUT2D eigenvalue weighted by atomic mass is 10.1. The van der Waals surface area contributed by atoms with Crippen LogP contribution in [-0.2, 0) is 0 Å². The predicted octanol–water partition coefficient (Wildman–Crippen LogP) is 2.00. The molecule has 1 unspecified atom stereocenters. The Morgan fingerprint density at radius 1 is 1.70 bits per heavy atom. The highest BCUT2D eigenvalue weighted by Crippen LogP contribution is 2.18. The van der Waals surface area contributed by atoms with Crippen LogP contribution in [0.2, 0.25) is 0 Å². The number of hydrogen-bond acceptors (Lipinski definition) is 2. The van der Waals surface area contributed by atoms with Crippen LogP contribution in [0.25, 0.3) is 0 Å². The molecule has 1 aromatic heterocycles. The third-order valence-corrected chi connectivity index (χ3v) is 1.74. The number of hydrogen-bond donors (Lipinski definition) is 1. The molecular weight excluding hydrogens is 126 g/mol. The fraction of sp³-hybridized carbons (Fsp3) is 0.500. The average molecular weight is 139 g/mol. The van der Waals surface area contributed by atoms with E-state index in [1.54, 1.807) is 6.26 Å². The van der Waals surface area contributed by atoms with Crippen LogP contribution in [0.15, 0.2) is 16.7 Å². The highest BCUT2D eigenvalue weighted by atomic mass is 16.3. The van der Waals surface area contributed by atoms with Gasteiger partial charge in [0.1, 0.15) is 5.76 Å². The molecule has 1 heterocycles. The zero-order valence-corrected chi connectivity index (χ0v) is 6.42. The minimum absolute atomic E-state index is 0.138. The molecule has 0 aliphatic heterocycles. The van der Waals surface area contributed by atoms with Crippen molar-refractivity contribution in [2.75, 3.05) is 0 Å². The Labute approximate surface area is 61.0 Å². The Morgan fingerprint density at radius 3 is 2.80 bits per heavy atom. The molecule has 0 fully saturated rings. The van der Waals surface area contributed by atoms with Crippen LogP contribution in [0.4, 0.5) is 0 Å². The van der Waals surface area contributed by atoms with E-state index < -0.39 is 0 Å². The lowest BCUT2D eigenvalue weighted by molar-refractivity contribution is 0.523. The molecule has 0 saturated heterocycles. The Balaban J connectivity index is 2.82. The van der Waals surface area contributed by atoms with Crippen molar-refractivity contribution in [2.45, 2.75) is 26.3 Å². The first-order valence-corrected chi connectivity index (χ1v) is 3.55. The van der Waals surface area contributed by atoms with Crippen molar-refractivity contribution < 1.29 is 4.42 Å². The van der Waals surface area contributed by atoms with Gasteiger partial charge < -0.3 is 10.2 Å². The highest BCUT2D eigenvalue weighted by Gasteiger charge is 2.07. The van der Waals surface area contributed by atoms with E-state index in [2.05, 4.69) is 6.92 Å². The van der Waals surface area contributed by atoms with Crippen LogP contribution in [0, 0.1) is 6.92 Å². The summed E-state index contributed by atoms with van der Waals surface area (Å²) in [6.45, 7) is 4.00. The first kappa shape index (κ1) is 7.35. The molecule has 2 N–H and O–H groups in total. The number of aryl methyl sites for hydroxylation is 1. The number of nitrogens with two attached hydrogens (primary N) is 1. The molecular formula is C8H13NO. The number of rotatable bonds is 2. The first-order chi connectivity index (χ1) is 4.75. The molecule has 1 aromatic rings. The molecule has 0 aliphatic rings. The zero-order chi connectivity index (χ0) is 7.56. The van der Waals surface area contributed by atoms with Gasteiger partial charge in [0.25, 0.3) is 0 Å². The van der Waals surface area contributed by atoms with E-state index in [0.29, 0.717) is 0 Å². The molecule has 1 atom stereocenters. The van der Waals surface area contributed by atoms with Gasteiger partial charge >= 0.3 is 0 Å². The van der Waals surface area contributed by atoms with Gasteiger partial charge in [-0.15, -0.1) is 0 Å². The van der Waals surface area contributed by atoms with Gasteiger partial charge in [0.2, 0.25) is 0 Å². The normalized spacial score (nSPS) is 13.5. The molecule has 0 radical (unpaired) electrons. The highest BCUT2D eigenvalue weighted by molar-refractivity contribution is 5.19. The van der Waals surface area contributed by atoms with Crippen molar-refractivity contribution in [3.63, 3.8) is 0 Å². The van der Waals surface area contributed by atoms with Crippen LogP contribution in [0.1, 0.15) is 30.7 Å². The Morgan fingerprint density at radius 2 is 2.40 bits per heavy atom. The summed E-state index contributed by atoms with van der Waals surface area (Å²) in [4.78, 5) is 0. The van der Waals surface area contributed by atoms with Crippen LogP contribution < -0.4 is 5.73 Å². The third kappa shape index (κ3) is 1.21. The average Bonchev–Trinajstić information content (AvgIpc) is 2.34. The summed E-state index contributed by atoms with van der Waals surface area (Å²) in [6, 6.07) is 2.07. The lowest BCUT2D eigenvalue weighted by Crippen LogP contribution is -2.08. The fourth-order valence-corrected chi connectivity index (χ4v) is 0.999.